The lowest BCUT2D eigenvalue weighted by molar-refractivity contribution is -0.0126. The molecule has 1 aromatic rings. The van der Waals surface area contributed by atoms with Crippen LogP contribution in [0.4, 0.5) is 0 Å². The number of ether oxygens (including phenoxy) is 1. The fourth-order valence-electron chi connectivity index (χ4n) is 3.81. The Labute approximate surface area is 122 Å². The average molecular weight is 273 g/mol. The Morgan fingerprint density at radius 1 is 1.30 bits per heavy atom. The SMILES string of the molecule is CCNC1CC2(CCC(C)CC2)Oc2ccc(C)cc21. The van der Waals surface area contributed by atoms with Crippen molar-refractivity contribution in [1.82, 2.24) is 5.32 Å². The zero-order chi connectivity index (χ0) is 14.2. The van der Waals surface area contributed by atoms with E-state index >= 15 is 0 Å². The smallest absolute Gasteiger partial charge is 0.124 e. The molecular formula is C18H27NO. The van der Waals surface area contributed by atoms with Gasteiger partial charge in [-0.3, -0.25) is 0 Å². The van der Waals surface area contributed by atoms with E-state index in [0.717, 1.165) is 24.6 Å². The van der Waals surface area contributed by atoms with E-state index in [1.807, 2.05) is 0 Å². The molecule has 2 aliphatic rings. The molecule has 20 heavy (non-hydrogen) atoms. The van der Waals surface area contributed by atoms with Gasteiger partial charge >= 0.3 is 0 Å². The highest BCUT2D eigenvalue weighted by Crippen LogP contribution is 2.47. The van der Waals surface area contributed by atoms with E-state index in [1.165, 1.54) is 36.8 Å². The standard InChI is InChI=1S/C18H27NO/c1-4-19-16-12-18(9-7-13(2)8-10-18)20-17-6-5-14(3)11-15(16)17/h5-6,11,13,16,19H,4,7-10,12H2,1-3H3. The normalized spacial score (nSPS) is 32.8. The predicted octanol–water partition coefficient (Wildman–Crippen LogP) is 4.38. The van der Waals surface area contributed by atoms with Gasteiger partial charge < -0.3 is 10.1 Å². The van der Waals surface area contributed by atoms with Crippen LogP contribution in [0.1, 0.15) is 63.1 Å². The van der Waals surface area contributed by atoms with Crippen LogP contribution in [0.2, 0.25) is 0 Å². The molecule has 0 saturated heterocycles. The van der Waals surface area contributed by atoms with Gasteiger partial charge in [-0.25, -0.2) is 0 Å². The zero-order valence-corrected chi connectivity index (χ0v) is 13.0. The quantitative estimate of drug-likeness (QED) is 0.863. The third-order valence-corrected chi connectivity index (χ3v) is 5.08. The van der Waals surface area contributed by atoms with Crippen molar-refractivity contribution in [3.8, 4) is 5.75 Å². The molecule has 1 heterocycles. The maximum atomic E-state index is 6.50. The third-order valence-electron chi connectivity index (χ3n) is 5.08. The molecule has 1 unspecified atom stereocenters. The number of nitrogens with one attached hydrogen (secondary N) is 1. The summed E-state index contributed by atoms with van der Waals surface area (Å²) in [4.78, 5) is 0. The van der Waals surface area contributed by atoms with Crippen LogP contribution in [0.25, 0.3) is 0 Å². The number of hydrogen-bond donors (Lipinski definition) is 1. The summed E-state index contributed by atoms with van der Waals surface area (Å²) in [5, 5.41) is 3.67. The van der Waals surface area contributed by atoms with E-state index in [1.54, 1.807) is 0 Å². The lowest BCUT2D eigenvalue weighted by atomic mass is 9.74. The fourth-order valence-corrected chi connectivity index (χ4v) is 3.81. The van der Waals surface area contributed by atoms with Crippen molar-refractivity contribution >= 4 is 0 Å². The molecule has 1 saturated carbocycles. The minimum Gasteiger partial charge on any atom is -0.487 e. The van der Waals surface area contributed by atoms with Gasteiger partial charge in [0.15, 0.2) is 0 Å². The second-order valence-corrected chi connectivity index (χ2v) is 6.82. The second kappa shape index (κ2) is 5.40. The molecule has 2 nitrogen and oxygen atoms in total. The minimum atomic E-state index is 0.0849. The van der Waals surface area contributed by atoms with Gasteiger partial charge in [0.1, 0.15) is 11.4 Å². The van der Waals surface area contributed by atoms with Crippen LogP contribution < -0.4 is 10.1 Å². The Kier molecular flexibility index (Phi) is 3.76. The summed E-state index contributed by atoms with van der Waals surface area (Å²) in [7, 11) is 0. The zero-order valence-electron chi connectivity index (χ0n) is 13.0. The molecule has 2 heteroatoms. The van der Waals surface area contributed by atoms with E-state index in [4.69, 9.17) is 4.74 Å². The Balaban J connectivity index is 1.90. The lowest BCUT2D eigenvalue weighted by Crippen LogP contribution is -2.46. The first-order valence-electron chi connectivity index (χ1n) is 8.15. The average Bonchev–Trinajstić information content (AvgIpc) is 2.44. The first kappa shape index (κ1) is 13.9. The van der Waals surface area contributed by atoms with Crippen molar-refractivity contribution in [1.29, 1.82) is 0 Å². The van der Waals surface area contributed by atoms with Crippen LogP contribution in [0.15, 0.2) is 18.2 Å². The maximum Gasteiger partial charge on any atom is 0.124 e. The summed E-state index contributed by atoms with van der Waals surface area (Å²) < 4.78 is 6.50. The number of rotatable bonds is 2. The molecule has 1 spiro atoms. The van der Waals surface area contributed by atoms with E-state index < -0.39 is 0 Å². The van der Waals surface area contributed by atoms with Gasteiger partial charge in [0, 0.05) is 18.0 Å². The van der Waals surface area contributed by atoms with Crippen LogP contribution in [-0.2, 0) is 0 Å². The van der Waals surface area contributed by atoms with E-state index in [0.29, 0.717) is 6.04 Å². The van der Waals surface area contributed by atoms with Crippen LogP contribution >= 0.6 is 0 Å². The number of hydrogen-bond acceptors (Lipinski definition) is 2. The molecule has 3 rings (SSSR count). The van der Waals surface area contributed by atoms with Gasteiger partial charge in [-0.05, 0) is 51.1 Å². The van der Waals surface area contributed by atoms with Crippen molar-refractivity contribution in [3.05, 3.63) is 29.3 Å². The van der Waals surface area contributed by atoms with Crippen molar-refractivity contribution in [2.75, 3.05) is 6.54 Å². The minimum absolute atomic E-state index is 0.0849. The largest absolute Gasteiger partial charge is 0.487 e. The van der Waals surface area contributed by atoms with Crippen molar-refractivity contribution in [3.63, 3.8) is 0 Å². The van der Waals surface area contributed by atoms with Crippen LogP contribution in [0.3, 0.4) is 0 Å². The highest BCUT2D eigenvalue weighted by atomic mass is 16.5. The Bertz CT molecular complexity index is 474. The summed E-state index contributed by atoms with van der Waals surface area (Å²) >= 11 is 0. The summed E-state index contributed by atoms with van der Waals surface area (Å²) in [5.41, 5.74) is 2.77. The van der Waals surface area contributed by atoms with Crippen molar-refractivity contribution < 1.29 is 4.74 Å². The summed E-state index contributed by atoms with van der Waals surface area (Å²) in [6, 6.07) is 7.10. The van der Waals surface area contributed by atoms with Crippen LogP contribution in [0, 0.1) is 12.8 Å². The highest BCUT2D eigenvalue weighted by molar-refractivity contribution is 5.41. The third kappa shape index (κ3) is 2.58. The molecule has 0 amide bonds. The molecule has 1 atom stereocenters. The Morgan fingerprint density at radius 2 is 2.05 bits per heavy atom. The molecule has 1 fully saturated rings. The van der Waals surface area contributed by atoms with E-state index in [9.17, 15) is 0 Å². The number of benzene rings is 1. The number of aryl methyl sites for hydroxylation is 1. The van der Waals surface area contributed by atoms with Gasteiger partial charge in [-0.1, -0.05) is 31.5 Å². The van der Waals surface area contributed by atoms with E-state index in [2.05, 4.69) is 44.3 Å². The molecule has 1 aromatic carbocycles. The molecule has 1 aliphatic heterocycles. The number of fused-ring (bicyclic) bond motifs is 1. The lowest BCUT2D eigenvalue weighted by Gasteiger charge is -2.46. The van der Waals surface area contributed by atoms with Gasteiger partial charge in [0.2, 0.25) is 0 Å². The summed E-state index contributed by atoms with van der Waals surface area (Å²) in [5.74, 6) is 1.98. The maximum absolute atomic E-state index is 6.50. The molecule has 0 bridgehead atoms. The molecule has 1 aliphatic carbocycles. The highest BCUT2D eigenvalue weighted by Gasteiger charge is 2.42. The van der Waals surface area contributed by atoms with Gasteiger partial charge in [-0.2, -0.15) is 0 Å². The molecule has 0 aromatic heterocycles. The molecule has 0 radical (unpaired) electrons. The monoisotopic (exact) mass is 273 g/mol. The summed E-state index contributed by atoms with van der Waals surface area (Å²) in [6.07, 6.45) is 6.16. The Hall–Kier alpha value is -1.02. The van der Waals surface area contributed by atoms with Crippen LogP contribution in [0.5, 0.6) is 5.75 Å². The van der Waals surface area contributed by atoms with E-state index in [-0.39, 0.29) is 5.60 Å². The summed E-state index contributed by atoms with van der Waals surface area (Å²) in [6.45, 7) is 7.75. The second-order valence-electron chi connectivity index (χ2n) is 6.82. The van der Waals surface area contributed by atoms with Gasteiger partial charge in [0.05, 0.1) is 0 Å². The first-order chi connectivity index (χ1) is 9.62. The topological polar surface area (TPSA) is 21.3 Å². The first-order valence-corrected chi connectivity index (χ1v) is 8.15. The molecular weight excluding hydrogens is 246 g/mol. The van der Waals surface area contributed by atoms with Gasteiger partial charge in [-0.15, -0.1) is 0 Å². The molecule has 1 N–H and O–H groups in total. The van der Waals surface area contributed by atoms with Gasteiger partial charge in [0.25, 0.3) is 0 Å². The van der Waals surface area contributed by atoms with Crippen LogP contribution in [-0.4, -0.2) is 12.1 Å². The van der Waals surface area contributed by atoms with Crippen molar-refractivity contribution in [2.24, 2.45) is 5.92 Å². The predicted molar refractivity (Wildman–Crippen MR) is 83.2 cm³/mol. The molecule has 110 valence electrons. The Morgan fingerprint density at radius 3 is 2.75 bits per heavy atom. The van der Waals surface area contributed by atoms with Crippen molar-refractivity contribution in [2.45, 2.75) is 64.5 Å². The fraction of sp³-hybridized carbons (Fsp3) is 0.667.